The third kappa shape index (κ3) is 1.99. The van der Waals surface area contributed by atoms with Gasteiger partial charge < -0.3 is 14.6 Å². The minimum atomic E-state index is -0.261. The van der Waals surface area contributed by atoms with E-state index in [1.807, 2.05) is 31.2 Å². The van der Waals surface area contributed by atoms with Crippen molar-refractivity contribution in [2.24, 2.45) is 0 Å². The summed E-state index contributed by atoms with van der Waals surface area (Å²) in [4.78, 5) is 12.0. The molecule has 1 aliphatic heterocycles. The van der Waals surface area contributed by atoms with E-state index in [0.29, 0.717) is 12.2 Å². The Hall–Kier alpha value is -2.23. The zero-order valence-corrected chi connectivity index (χ0v) is 10.8. The quantitative estimate of drug-likeness (QED) is 0.859. The molecule has 2 heterocycles. The minimum absolute atomic E-state index is 0.261. The van der Waals surface area contributed by atoms with Gasteiger partial charge in [-0.05, 0) is 18.6 Å². The summed E-state index contributed by atoms with van der Waals surface area (Å²) in [5.41, 5.74) is 2.80. The van der Waals surface area contributed by atoms with Crippen LogP contribution >= 0.6 is 0 Å². The molecular weight excluding hydrogens is 240 g/mol. The molecular formula is C15H16N2O2. The molecule has 0 saturated carbocycles. The lowest BCUT2D eigenvalue weighted by Gasteiger charge is -2.04. The number of carbonyl (C=O) groups is 1. The van der Waals surface area contributed by atoms with Crippen molar-refractivity contribution in [1.82, 2.24) is 4.57 Å². The van der Waals surface area contributed by atoms with Crippen LogP contribution in [-0.2, 0) is 11.3 Å². The van der Waals surface area contributed by atoms with Gasteiger partial charge in [-0.3, -0.25) is 0 Å². The lowest BCUT2D eigenvalue weighted by atomic mass is 10.1. The largest absolute Gasteiger partial charge is 0.462 e. The van der Waals surface area contributed by atoms with Crippen LogP contribution in [0.5, 0.6) is 0 Å². The van der Waals surface area contributed by atoms with E-state index < -0.39 is 0 Å². The molecule has 0 unspecified atom stereocenters. The Morgan fingerprint density at radius 1 is 1.37 bits per heavy atom. The number of ether oxygens (including phenoxy) is 1. The summed E-state index contributed by atoms with van der Waals surface area (Å²) in [7, 11) is 0. The third-order valence-corrected chi connectivity index (χ3v) is 3.29. The molecule has 98 valence electrons. The number of esters is 1. The molecule has 1 aromatic carbocycles. The number of hydrogen-bond donors (Lipinski definition) is 1. The van der Waals surface area contributed by atoms with Crippen molar-refractivity contribution in [1.29, 1.82) is 0 Å². The van der Waals surface area contributed by atoms with E-state index in [2.05, 4.69) is 22.0 Å². The van der Waals surface area contributed by atoms with Gasteiger partial charge in [0.2, 0.25) is 0 Å². The first kappa shape index (κ1) is 11.8. The van der Waals surface area contributed by atoms with Crippen molar-refractivity contribution < 1.29 is 9.53 Å². The molecule has 0 fully saturated rings. The van der Waals surface area contributed by atoms with Crippen LogP contribution in [-0.4, -0.2) is 23.7 Å². The highest BCUT2D eigenvalue weighted by Gasteiger charge is 2.24. The standard InChI is InChI=1S/C15H16N2O2/c1-2-19-15(18)12-10-13(11-6-4-3-5-7-11)17-9-8-16-14(12)17/h3-7,10,16H,2,8-9H2,1H3. The van der Waals surface area contributed by atoms with Crippen LogP contribution < -0.4 is 5.32 Å². The minimum Gasteiger partial charge on any atom is -0.462 e. The number of aromatic nitrogens is 1. The van der Waals surface area contributed by atoms with Crippen LogP contribution in [0.3, 0.4) is 0 Å². The van der Waals surface area contributed by atoms with Crippen LogP contribution in [0.4, 0.5) is 5.82 Å². The third-order valence-electron chi connectivity index (χ3n) is 3.29. The van der Waals surface area contributed by atoms with Gasteiger partial charge in [0.05, 0.1) is 12.3 Å². The van der Waals surface area contributed by atoms with Crippen LogP contribution in [0.15, 0.2) is 36.4 Å². The van der Waals surface area contributed by atoms with Crippen molar-refractivity contribution in [3.05, 3.63) is 42.0 Å². The van der Waals surface area contributed by atoms with Crippen LogP contribution in [0, 0.1) is 0 Å². The molecule has 0 spiro atoms. The number of carbonyl (C=O) groups excluding carboxylic acids is 1. The number of nitrogens with zero attached hydrogens (tertiary/aromatic N) is 1. The molecule has 4 nitrogen and oxygen atoms in total. The summed E-state index contributed by atoms with van der Waals surface area (Å²) in [5.74, 6) is 0.611. The van der Waals surface area contributed by atoms with Gasteiger partial charge in [0.25, 0.3) is 0 Å². The van der Waals surface area contributed by atoms with E-state index in [-0.39, 0.29) is 5.97 Å². The maximum atomic E-state index is 12.0. The molecule has 0 aliphatic carbocycles. The number of anilines is 1. The first-order valence-electron chi connectivity index (χ1n) is 6.51. The fraction of sp³-hybridized carbons (Fsp3) is 0.267. The molecule has 0 saturated heterocycles. The summed E-state index contributed by atoms with van der Waals surface area (Å²) >= 11 is 0. The number of nitrogens with one attached hydrogen (secondary N) is 1. The highest BCUT2D eigenvalue weighted by Crippen LogP contribution is 2.32. The lowest BCUT2D eigenvalue weighted by Crippen LogP contribution is -2.06. The topological polar surface area (TPSA) is 43.3 Å². The van der Waals surface area contributed by atoms with Gasteiger partial charge in [-0.15, -0.1) is 0 Å². The highest BCUT2D eigenvalue weighted by molar-refractivity contribution is 5.97. The Morgan fingerprint density at radius 3 is 2.89 bits per heavy atom. The average molecular weight is 256 g/mol. The second-order valence-corrected chi connectivity index (χ2v) is 4.46. The number of benzene rings is 1. The van der Waals surface area contributed by atoms with E-state index in [1.165, 1.54) is 0 Å². The fourth-order valence-corrected chi connectivity index (χ4v) is 2.47. The van der Waals surface area contributed by atoms with Crippen LogP contribution in [0.25, 0.3) is 11.3 Å². The molecule has 0 atom stereocenters. The van der Waals surface area contributed by atoms with Gasteiger partial charge in [-0.2, -0.15) is 0 Å². The van der Waals surface area contributed by atoms with Gasteiger partial charge in [0.1, 0.15) is 11.4 Å². The van der Waals surface area contributed by atoms with Gasteiger partial charge in [0.15, 0.2) is 0 Å². The average Bonchev–Trinajstić information content (AvgIpc) is 3.01. The Kier molecular flexibility index (Phi) is 2.99. The predicted octanol–water partition coefficient (Wildman–Crippen LogP) is 2.76. The monoisotopic (exact) mass is 256 g/mol. The van der Waals surface area contributed by atoms with E-state index in [0.717, 1.165) is 30.2 Å². The Labute approximate surface area is 112 Å². The highest BCUT2D eigenvalue weighted by atomic mass is 16.5. The van der Waals surface area contributed by atoms with Gasteiger partial charge in [0, 0.05) is 13.1 Å². The van der Waals surface area contributed by atoms with Crippen LogP contribution in [0.1, 0.15) is 17.3 Å². The van der Waals surface area contributed by atoms with Crippen molar-refractivity contribution in [3.63, 3.8) is 0 Å². The molecule has 1 aromatic heterocycles. The zero-order chi connectivity index (χ0) is 13.2. The zero-order valence-electron chi connectivity index (χ0n) is 10.8. The smallest absolute Gasteiger partial charge is 0.341 e. The SMILES string of the molecule is CCOC(=O)c1cc(-c2ccccc2)n2c1NCC2. The summed E-state index contributed by atoms with van der Waals surface area (Å²) in [6.45, 7) is 3.94. The molecule has 2 aromatic rings. The second kappa shape index (κ2) is 4.80. The Morgan fingerprint density at radius 2 is 2.16 bits per heavy atom. The van der Waals surface area contributed by atoms with E-state index in [9.17, 15) is 4.79 Å². The molecule has 1 N–H and O–H groups in total. The molecule has 4 heteroatoms. The molecule has 0 radical (unpaired) electrons. The summed E-state index contributed by atoms with van der Waals surface area (Å²) in [6, 6.07) is 12.0. The lowest BCUT2D eigenvalue weighted by molar-refractivity contribution is 0.0527. The molecule has 3 rings (SSSR count). The number of hydrogen-bond acceptors (Lipinski definition) is 3. The first-order valence-corrected chi connectivity index (χ1v) is 6.51. The van der Waals surface area contributed by atoms with Crippen molar-refractivity contribution in [2.75, 3.05) is 18.5 Å². The van der Waals surface area contributed by atoms with Gasteiger partial charge in [-0.25, -0.2) is 4.79 Å². The molecule has 0 bridgehead atoms. The molecule has 19 heavy (non-hydrogen) atoms. The van der Waals surface area contributed by atoms with Crippen LogP contribution in [0.2, 0.25) is 0 Å². The van der Waals surface area contributed by atoms with E-state index in [4.69, 9.17) is 4.74 Å². The number of fused-ring (bicyclic) bond motifs is 1. The van der Waals surface area contributed by atoms with Crippen molar-refractivity contribution in [3.8, 4) is 11.3 Å². The molecule has 1 aliphatic rings. The maximum absolute atomic E-state index is 12.0. The van der Waals surface area contributed by atoms with E-state index in [1.54, 1.807) is 0 Å². The fourth-order valence-electron chi connectivity index (χ4n) is 2.47. The second-order valence-electron chi connectivity index (χ2n) is 4.46. The van der Waals surface area contributed by atoms with Crippen molar-refractivity contribution in [2.45, 2.75) is 13.5 Å². The normalized spacial score (nSPS) is 12.9. The summed E-state index contributed by atoms with van der Waals surface area (Å²) in [6.07, 6.45) is 0. The van der Waals surface area contributed by atoms with Gasteiger partial charge >= 0.3 is 5.97 Å². The van der Waals surface area contributed by atoms with Gasteiger partial charge in [-0.1, -0.05) is 30.3 Å². The van der Waals surface area contributed by atoms with E-state index >= 15 is 0 Å². The van der Waals surface area contributed by atoms with Crippen molar-refractivity contribution >= 4 is 11.8 Å². The first-order chi connectivity index (χ1) is 9.31. The maximum Gasteiger partial charge on any atom is 0.341 e. The predicted molar refractivity (Wildman–Crippen MR) is 74.3 cm³/mol. The molecule has 0 amide bonds. The Bertz CT molecular complexity index is 602. The summed E-state index contributed by atoms with van der Waals surface area (Å²) < 4.78 is 7.25. The number of rotatable bonds is 3. The Balaban J connectivity index is 2.08. The summed E-state index contributed by atoms with van der Waals surface area (Å²) in [5, 5.41) is 3.26.